The van der Waals surface area contributed by atoms with Gasteiger partial charge in [0.1, 0.15) is 5.75 Å². The van der Waals surface area contributed by atoms with Crippen LogP contribution in [-0.2, 0) is 6.54 Å². The molecule has 0 aliphatic rings. The highest BCUT2D eigenvalue weighted by molar-refractivity contribution is 5.29. The van der Waals surface area contributed by atoms with Crippen LogP contribution in [0.5, 0.6) is 5.75 Å². The Balaban J connectivity index is 2.67. The molecule has 0 radical (unpaired) electrons. The number of ether oxygens (including phenoxy) is 1. The van der Waals surface area contributed by atoms with Crippen molar-refractivity contribution in [3.05, 3.63) is 23.5 Å². The van der Waals surface area contributed by atoms with Crippen molar-refractivity contribution < 1.29 is 9.84 Å². The Morgan fingerprint density at radius 2 is 2.27 bits per heavy atom. The van der Waals surface area contributed by atoms with Crippen molar-refractivity contribution in [1.82, 2.24) is 10.3 Å². The van der Waals surface area contributed by atoms with Crippen LogP contribution in [0.15, 0.2) is 12.1 Å². The SMILES string of the molecule is CNCc1nc(C)ccc1OCCCO. The van der Waals surface area contributed by atoms with Gasteiger partial charge in [-0.15, -0.1) is 0 Å². The smallest absolute Gasteiger partial charge is 0.142 e. The molecule has 0 aliphatic heterocycles. The molecule has 0 spiro atoms. The van der Waals surface area contributed by atoms with Crippen LogP contribution in [0.2, 0.25) is 0 Å². The van der Waals surface area contributed by atoms with Crippen molar-refractivity contribution in [1.29, 1.82) is 0 Å². The maximum absolute atomic E-state index is 8.65. The van der Waals surface area contributed by atoms with Crippen LogP contribution in [0.4, 0.5) is 0 Å². The van der Waals surface area contributed by atoms with Crippen molar-refractivity contribution in [3.8, 4) is 5.75 Å². The molecule has 1 aromatic heterocycles. The van der Waals surface area contributed by atoms with Crippen molar-refractivity contribution >= 4 is 0 Å². The molecule has 15 heavy (non-hydrogen) atoms. The molecule has 1 aromatic rings. The first-order chi connectivity index (χ1) is 7.27. The highest BCUT2D eigenvalue weighted by atomic mass is 16.5. The number of pyridine rings is 1. The van der Waals surface area contributed by atoms with Crippen LogP contribution in [0.1, 0.15) is 17.8 Å². The van der Waals surface area contributed by atoms with E-state index < -0.39 is 0 Å². The fourth-order valence-electron chi connectivity index (χ4n) is 1.27. The fourth-order valence-corrected chi connectivity index (χ4v) is 1.27. The number of aryl methyl sites for hydroxylation is 1. The summed E-state index contributed by atoms with van der Waals surface area (Å²) in [6.45, 7) is 3.32. The van der Waals surface area contributed by atoms with Crippen molar-refractivity contribution in [2.75, 3.05) is 20.3 Å². The van der Waals surface area contributed by atoms with Crippen molar-refractivity contribution in [2.24, 2.45) is 0 Å². The monoisotopic (exact) mass is 210 g/mol. The maximum Gasteiger partial charge on any atom is 0.142 e. The molecule has 0 amide bonds. The molecule has 1 rings (SSSR count). The number of hydrogen-bond donors (Lipinski definition) is 2. The quantitative estimate of drug-likeness (QED) is 0.684. The average molecular weight is 210 g/mol. The maximum atomic E-state index is 8.65. The predicted octanol–water partition coefficient (Wildman–Crippen LogP) is 0.871. The number of aliphatic hydroxyl groups excluding tert-OH is 1. The van der Waals surface area contributed by atoms with Crippen molar-refractivity contribution in [3.63, 3.8) is 0 Å². The topological polar surface area (TPSA) is 54.4 Å². The molecule has 0 atom stereocenters. The summed E-state index contributed by atoms with van der Waals surface area (Å²) in [7, 11) is 1.88. The fraction of sp³-hybridized carbons (Fsp3) is 0.545. The highest BCUT2D eigenvalue weighted by Gasteiger charge is 2.04. The molecule has 4 heteroatoms. The molecular weight excluding hydrogens is 192 g/mol. The number of rotatable bonds is 6. The molecule has 4 nitrogen and oxygen atoms in total. The van der Waals surface area contributed by atoms with E-state index in [-0.39, 0.29) is 6.61 Å². The molecule has 1 heterocycles. The Morgan fingerprint density at radius 3 is 2.93 bits per heavy atom. The van der Waals surface area contributed by atoms with E-state index in [1.807, 2.05) is 26.1 Å². The molecule has 84 valence electrons. The highest BCUT2D eigenvalue weighted by Crippen LogP contribution is 2.16. The van der Waals surface area contributed by atoms with Gasteiger partial charge in [-0.3, -0.25) is 4.98 Å². The predicted molar refractivity (Wildman–Crippen MR) is 58.9 cm³/mol. The summed E-state index contributed by atoms with van der Waals surface area (Å²) in [4.78, 5) is 4.39. The van der Waals surface area contributed by atoms with Gasteiger partial charge in [0.05, 0.1) is 12.3 Å². The summed E-state index contributed by atoms with van der Waals surface area (Å²) in [6.07, 6.45) is 0.646. The third-order valence-electron chi connectivity index (χ3n) is 1.98. The molecule has 0 saturated carbocycles. The van der Waals surface area contributed by atoms with Gasteiger partial charge in [0.2, 0.25) is 0 Å². The summed E-state index contributed by atoms with van der Waals surface area (Å²) in [5, 5.41) is 11.7. The Labute approximate surface area is 90.3 Å². The van der Waals surface area contributed by atoms with Gasteiger partial charge in [-0.05, 0) is 26.1 Å². The zero-order valence-corrected chi connectivity index (χ0v) is 9.29. The third kappa shape index (κ3) is 3.85. The van der Waals surface area contributed by atoms with E-state index in [4.69, 9.17) is 9.84 Å². The van der Waals surface area contributed by atoms with Gasteiger partial charge in [-0.25, -0.2) is 0 Å². The average Bonchev–Trinajstić information content (AvgIpc) is 2.22. The van der Waals surface area contributed by atoms with E-state index in [1.165, 1.54) is 0 Å². The van der Waals surface area contributed by atoms with Gasteiger partial charge in [-0.2, -0.15) is 0 Å². The second kappa shape index (κ2) is 6.37. The molecule has 0 aliphatic carbocycles. The van der Waals surface area contributed by atoms with E-state index >= 15 is 0 Å². The second-order valence-electron chi connectivity index (χ2n) is 3.35. The van der Waals surface area contributed by atoms with Gasteiger partial charge in [0, 0.05) is 25.3 Å². The molecule has 2 N–H and O–H groups in total. The number of nitrogens with zero attached hydrogens (tertiary/aromatic N) is 1. The summed E-state index contributed by atoms with van der Waals surface area (Å²) >= 11 is 0. The lowest BCUT2D eigenvalue weighted by Crippen LogP contribution is -2.11. The van der Waals surface area contributed by atoms with E-state index in [1.54, 1.807) is 0 Å². The first-order valence-corrected chi connectivity index (χ1v) is 5.12. The van der Waals surface area contributed by atoms with Crippen LogP contribution in [0.3, 0.4) is 0 Å². The summed E-state index contributed by atoms with van der Waals surface area (Å²) < 4.78 is 5.52. The van der Waals surface area contributed by atoms with Crippen LogP contribution in [-0.4, -0.2) is 30.4 Å². The van der Waals surface area contributed by atoms with Crippen LogP contribution < -0.4 is 10.1 Å². The summed E-state index contributed by atoms with van der Waals surface area (Å²) in [5.41, 5.74) is 1.89. The second-order valence-corrected chi connectivity index (χ2v) is 3.35. The van der Waals surface area contributed by atoms with Gasteiger partial charge in [0.15, 0.2) is 0 Å². The third-order valence-corrected chi connectivity index (χ3v) is 1.98. The van der Waals surface area contributed by atoms with Gasteiger partial charge in [0.25, 0.3) is 0 Å². The first-order valence-electron chi connectivity index (χ1n) is 5.12. The van der Waals surface area contributed by atoms with Crippen LogP contribution >= 0.6 is 0 Å². The molecule has 0 aromatic carbocycles. The van der Waals surface area contributed by atoms with Gasteiger partial charge >= 0.3 is 0 Å². The minimum atomic E-state index is 0.153. The van der Waals surface area contributed by atoms with Gasteiger partial charge in [-0.1, -0.05) is 0 Å². The molecule has 0 fully saturated rings. The zero-order chi connectivity index (χ0) is 11.1. The Kier molecular flexibility index (Phi) is 5.07. The molecule has 0 saturated heterocycles. The molecule has 0 bridgehead atoms. The summed E-state index contributed by atoms with van der Waals surface area (Å²) in [6, 6.07) is 3.85. The normalized spacial score (nSPS) is 10.3. The Bertz CT molecular complexity index is 303. The Morgan fingerprint density at radius 1 is 1.47 bits per heavy atom. The molecule has 0 unspecified atom stereocenters. The lowest BCUT2D eigenvalue weighted by Gasteiger charge is -2.10. The molecular formula is C11H18N2O2. The summed E-state index contributed by atoms with van der Waals surface area (Å²) in [5.74, 6) is 0.795. The zero-order valence-electron chi connectivity index (χ0n) is 9.29. The lowest BCUT2D eigenvalue weighted by molar-refractivity contribution is 0.232. The van der Waals surface area contributed by atoms with Gasteiger partial charge < -0.3 is 15.2 Å². The number of hydrogen-bond acceptors (Lipinski definition) is 4. The van der Waals surface area contributed by atoms with Crippen molar-refractivity contribution in [2.45, 2.75) is 19.9 Å². The Hall–Kier alpha value is -1.13. The van der Waals surface area contributed by atoms with E-state index in [0.29, 0.717) is 19.6 Å². The minimum Gasteiger partial charge on any atom is -0.492 e. The van der Waals surface area contributed by atoms with E-state index in [0.717, 1.165) is 17.1 Å². The number of aliphatic hydroxyl groups is 1. The van der Waals surface area contributed by atoms with Crippen LogP contribution in [0, 0.1) is 6.92 Å². The standard InChI is InChI=1S/C11H18N2O2/c1-9-4-5-11(15-7-3-6-14)10(13-9)8-12-2/h4-5,12,14H,3,6-8H2,1-2H3. The van der Waals surface area contributed by atoms with E-state index in [2.05, 4.69) is 10.3 Å². The minimum absolute atomic E-state index is 0.153. The first kappa shape index (κ1) is 11.9. The lowest BCUT2D eigenvalue weighted by atomic mass is 10.3. The van der Waals surface area contributed by atoms with Crippen LogP contribution in [0.25, 0.3) is 0 Å². The number of aromatic nitrogens is 1. The van der Waals surface area contributed by atoms with E-state index in [9.17, 15) is 0 Å². The number of nitrogens with one attached hydrogen (secondary N) is 1. The largest absolute Gasteiger partial charge is 0.492 e.